The van der Waals surface area contributed by atoms with Crippen LogP contribution < -0.4 is 5.32 Å². The molecule has 32 heavy (non-hydrogen) atoms. The zero-order valence-corrected chi connectivity index (χ0v) is 17.3. The van der Waals surface area contributed by atoms with Crippen LogP contribution in [0, 0.1) is 0 Å². The molecule has 0 bridgehead atoms. The number of fused-ring (bicyclic) bond motifs is 3. The van der Waals surface area contributed by atoms with Gasteiger partial charge in [0.1, 0.15) is 12.4 Å². The number of amides is 1. The molecule has 0 saturated heterocycles. The van der Waals surface area contributed by atoms with Crippen LogP contribution in [-0.2, 0) is 16.0 Å². The molecule has 1 aliphatic rings. The summed E-state index contributed by atoms with van der Waals surface area (Å²) in [4.78, 5) is 23.0. The normalized spacial score (nSPS) is 12.4. The number of carbonyl (C=O) groups is 2. The topological polar surface area (TPSA) is 95.9 Å². The van der Waals surface area contributed by atoms with Crippen LogP contribution in [0.3, 0.4) is 0 Å². The monoisotopic (exact) mass is 429 g/mol. The Morgan fingerprint density at radius 2 is 1.62 bits per heavy atom. The molecule has 3 N–H and O–H groups in total. The predicted molar refractivity (Wildman–Crippen MR) is 122 cm³/mol. The number of hydrogen-bond donors (Lipinski definition) is 3. The van der Waals surface area contributed by atoms with Gasteiger partial charge >= 0.3 is 12.1 Å². The van der Waals surface area contributed by atoms with Gasteiger partial charge in [-0.3, -0.25) is 4.79 Å². The minimum atomic E-state index is -0.942. The molecule has 3 aromatic rings. The molecule has 0 aromatic heterocycles. The molecule has 162 valence electrons. The van der Waals surface area contributed by atoms with Crippen molar-refractivity contribution in [3.05, 3.63) is 95.1 Å². The van der Waals surface area contributed by atoms with Crippen LogP contribution in [0.5, 0.6) is 5.75 Å². The zero-order valence-electron chi connectivity index (χ0n) is 17.3. The highest BCUT2D eigenvalue weighted by atomic mass is 16.5. The molecule has 0 radical (unpaired) electrons. The van der Waals surface area contributed by atoms with Gasteiger partial charge in [0.2, 0.25) is 0 Å². The third kappa shape index (κ3) is 4.64. The maximum Gasteiger partial charge on any atom is 0.407 e. The maximum atomic E-state index is 12.2. The van der Waals surface area contributed by atoms with Crippen LogP contribution in [0.25, 0.3) is 17.2 Å². The van der Waals surface area contributed by atoms with Crippen molar-refractivity contribution in [2.24, 2.45) is 0 Å². The van der Waals surface area contributed by atoms with Crippen molar-refractivity contribution in [1.29, 1.82) is 0 Å². The number of ether oxygens (including phenoxy) is 1. The van der Waals surface area contributed by atoms with Gasteiger partial charge in [0.25, 0.3) is 0 Å². The maximum absolute atomic E-state index is 12.2. The first-order chi connectivity index (χ1) is 15.5. The van der Waals surface area contributed by atoms with Crippen LogP contribution in [0.4, 0.5) is 4.79 Å². The second-order valence-corrected chi connectivity index (χ2v) is 7.57. The van der Waals surface area contributed by atoms with Gasteiger partial charge in [-0.1, -0.05) is 66.7 Å². The smallest absolute Gasteiger partial charge is 0.407 e. The second kappa shape index (κ2) is 9.39. The molecule has 4 rings (SSSR count). The van der Waals surface area contributed by atoms with E-state index in [9.17, 15) is 14.7 Å². The first kappa shape index (κ1) is 21.2. The Labute approximate surface area is 185 Å². The van der Waals surface area contributed by atoms with Crippen molar-refractivity contribution >= 4 is 18.1 Å². The summed E-state index contributed by atoms with van der Waals surface area (Å²) in [6.45, 7) is 0.445. The standard InChI is InChI=1S/C26H23NO5/c28-24-12-11-17(15-25(29)30)14-18(24)6-5-13-27-26(31)32-16-23-21-9-3-1-7-19(21)20-8-2-4-10-22(20)23/h1-12,14,23,28H,13,15-16H2,(H,27,31)(H,29,30). The van der Waals surface area contributed by atoms with E-state index in [2.05, 4.69) is 29.6 Å². The third-order valence-electron chi connectivity index (χ3n) is 5.45. The van der Waals surface area contributed by atoms with Crippen molar-refractivity contribution in [2.75, 3.05) is 13.2 Å². The van der Waals surface area contributed by atoms with E-state index in [1.54, 1.807) is 24.3 Å². The Bertz CT molecular complexity index is 1140. The van der Waals surface area contributed by atoms with E-state index in [4.69, 9.17) is 9.84 Å². The molecule has 0 heterocycles. The average Bonchev–Trinajstić information content (AvgIpc) is 3.11. The van der Waals surface area contributed by atoms with Crippen LogP contribution in [0.1, 0.15) is 28.2 Å². The number of carbonyl (C=O) groups excluding carboxylic acids is 1. The number of alkyl carbamates (subject to hydrolysis) is 1. The highest BCUT2D eigenvalue weighted by Crippen LogP contribution is 2.44. The summed E-state index contributed by atoms with van der Waals surface area (Å²) in [6.07, 6.45) is 2.64. The number of aliphatic carboxylic acids is 1. The number of rotatable bonds is 7. The summed E-state index contributed by atoms with van der Waals surface area (Å²) < 4.78 is 5.48. The highest BCUT2D eigenvalue weighted by molar-refractivity contribution is 5.79. The first-order valence-electron chi connectivity index (χ1n) is 10.3. The third-order valence-corrected chi connectivity index (χ3v) is 5.45. The number of carboxylic acids is 1. The van der Waals surface area contributed by atoms with Crippen molar-refractivity contribution in [3.63, 3.8) is 0 Å². The number of carboxylic acid groups (broad SMARTS) is 1. The van der Waals surface area contributed by atoms with E-state index < -0.39 is 12.1 Å². The van der Waals surface area contributed by atoms with Gasteiger partial charge in [-0.2, -0.15) is 0 Å². The predicted octanol–water partition coefficient (Wildman–Crippen LogP) is 4.57. The fourth-order valence-corrected chi connectivity index (χ4v) is 4.00. The van der Waals surface area contributed by atoms with Crippen LogP contribution in [0.2, 0.25) is 0 Å². The molecular weight excluding hydrogens is 406 g/mol. The summed E-state index contributed by atoms with van der Waals surface area (Å²) in [7, 11) is 0. The number of aromatic hydroxyl groups is 1. The minimum Gasteiger partial charge on any atom is -0.507 e. The fourth-order valence-electron chi connectivity index (χ4n) is 4.00. The van der Waals surface area contributed by atoms with Crippen molar-refractivity contribution in [3.8, 4) is 16.9 Å². The van der Waals surface area contributed by atoms with E-state index in [0.717, 1.165) is 11.1 Å². The molecular formula is C26H23NO5. The Hall–Kier alpha value is -4.06. The molecule has 6 heteroatoms. The number of benzene rings is 3. The number of nitrogens with one attached hydrogen (secondary N) is 1. The lowest BCUT2D eigenvalue weighted by molar-refractivity contribution is -0.136. The fraction of sp³-hybridized carbons (Fsp3) is 0.154. The molecule has 0 unspecified atom stereocenters. The van der Waals surface area contributed by atoms with Gasteiger partial charge in [-0.05, 0) is 39.9 Å². The van der Waals surface area contributed by atoms with E-state index in [1.165, 1.54) is 17.2 Å². The number of phenols is 1. The number of phenolic OH excluding ortho intramolecular Hbond substituents is 1. The van der Waals surface area contributed by atoms with Crippen molar-refractivity contribution < 1.29 is 24.5 Å². The first-order valence-corrected chi connectivity index (χ1v) is 10.3. The summed E-state index contributed by atoms with van der Waals surface area (Å²) >= 11 is 0. The van der Waals surface area contributed by atoms with Crippen LogP contribution in [-0.4, -0.2) is 35.4 Å². The van der Waals surface area contributed by atoms with Crippen molar-refractivity contribution in [2.45, 2.75) is 12.3 Å². The van der Waals surface area contributed by atoms with Crippen LogP contribution >= 0.6 is 0 Å². The lowest BCUT2D eigenvalue weighted by Gasteiger charge is -2.14. The summed E-state index contributed by atoms with van der Waals surface area (Å²) in [5, 5.41) is 21.5. The van der Waals surface area contributed by atoms with Gasteiger partial charge < -0.3 is 20.3 Å². The van der Waals surface area contributed by atoms with Gasteiger partial charge in [-0.25, -0.2) is 4.79 Å². The molecule has 0 spiro atoms. The van der Waals surface area contributed by atoms with E-state index in [1.807, 2.05) is 24.3 Å². The lowest BCUT2D eigenvalue weighted by atomic mass is 9.98. The van der Waals surface area contributed by atoms with Gasteiger partial charge in [0.05, 0.1) is 6.42 Å². The zero-order chi connectivity index (χ0) is 22.5. The lowest BCUT2D eigenvalue weighted by Crippen LogP contribution is -2.26. The second-order valence-electron chi connectivity index (χ2n) is 7.57. The SMILES string of the molecule is O=C(O)Cc1ccc(O)c(C=CCNC(=O)OCC2c3ccccc3-c3ccccc32)c1. The van der Waals surface area contributed by atoms with E-state index in [0.29, 0.717) is 11.1 Å². The van der Waals surface area contributed by atoms with Crippen molar-refractivity contribution in [1.82, 2.24) is 5.32 Å². The Balaban J connectivity index is 1.32. The largest absolute Gasteiger partial charge is 0.507 e. The van der Waals surface area contributed by atoms with Gasteiger partial charge in [-0.15, -0.1) is 0 Å². The average molecular weight is 429 g/mol. The van der Waals surface area contributed by atoms with E-state index >= 15 is 0 Å². The Morgan fingerprint density at radius 3 is 2.28 bits per heavy atom. The molecule has 6 nitrogen and oxygen atoms in total. The molecule has 3 aromatic carbocycles. The molecule has 0 atom stereocenters. The van der Waals surface area contributed by atoms with Crippen LogP contribution in [0.15, 0.2) is 72.8 Å². The Morgan fingerprint density at radius 1 is 0.969 bits per heavy atom. The number of hydrogen-bond acceptors (Lipinski definition) is 4. The molecule has 0 fully saturated rings. The summed E-state index contributed by atoms with van der Waals surface area (Å²) in [5.41, 5.74) is 5.71. The van der Waals surface area contributed by atoms with Gasteiger partial charge in [0, 0.05) is 18.0 Å². The molecule has 1 amide bonds. The minimum absolute atomic E-state index is 0.00221. The summed E-state index contributed by atoms with van der Waals surface area (Å²) in [5.74, 6) is -0.906. The van der Waals surface area contributed by atoms with Gasteiger partial charge in [0.15, 0.2) is 0 Å². The molecule has 0 aliphatic heterocycles. The summed E-state index contributed by atoms with van der Waals surface area (Å²) in [6, 6.07) is 20.9. The highest BCUT2D eigenvalue weighted by Gasteiger charge is 2.28. The molecule has 0 saturated carbocycles. The van der Waals surface area contributed by atoms with E-state index in [-0.39, 0.29) is 31.2 Å². The Kier molecular flexibility index (Phi) is 6.22. The molecule has 1 aliphatic carbocycles. The quantitative estimate of drug-likeness (QED) is 0.511.